The Morgan fingerprint density at radius 2 is 2.08 bits per heavy atom. The number of aromatic nitrogens is 4. The molecular weight excluding hydrogens is 320 g/mol. The number of methoxy groups -OCH3 is 1. The molecule has 3 aromatic rings. The molecule has 2 heterocycles. The Kier molecular flexibility index (Phi) is 3.71. The van der Waals surface area contributed by atoms with Crippen molar-refractivity contribution in [2.75, 3.05) is 7.11 Å². The van der Waals surface area contributed by atoms with Crippen LogP contribution in [-0.4, -0.2) is 25.8 Å². The first-order valence-corrected chi connectivity index (χ1v) is 8.49. The third-order valence-corrected chi connectivity index (χ3v) is 4.68. The maximum atomic E-state index is 12.9. The van der Waals surface area contributed by atoms with Gasteiger partial charge in [0.2, 0.25) is 0 Å². The summed E-state index contributed by atoms with van der Waals surface area (Å²) in [6, 6.07) is 7.21. The summed E-state index contributed by atoms with van der Waals surface area (Å²) >= 11 is 0. The molecule has 0 aliphatic heterocycles. The zero-order valence-electron chi connectivity index (χ0n) is 14.3. The summed E-state index contributed by atoms with van der Waals surface area (Å²) in [4.78, 5) is 30.1. The monoisotopic (exact) mass is 340 g/mol. The van der Waals surface area contributed by atoms with Crippen molar-refractivity contribution in [1.29, 1.82) is 0 Å². The van der Waals surface area contributed by atoms with Gasteiger partial charge in [-0.1, -0.05) is 6.07 Å². The molecule has 0 N–H and O–H groups in total. The highest BCUT2D eigenvalue weighted by Gasteiger charge is 2.25. The first kappa shape index (κ1) is 15.7. The van der Waals surface area contributed by atoms with E-state index in [1.165, 1.54) is 22.0 Å². The van der Waals surface area contributed by atoms with Crippen LogP contribution in [0, 0.1) is 5.92 Å². The van der Waals surface area contributed by atoms with Crippen LogP contribution in [0.25, 0.3) is 16.9 Å². The SMILES string of the molecule is CCn1c(=O)c2c(ncn2CC2CC2)n(-c2cccc(OC)c2)c1=O. The van der Waals surface area contributed by atoms with Crippen molar-refractivity contribution in [3.8, 4) is 11.4 Å². The maximum Gasteiger partial charge on any atom is 0.337 e. The normalized spacial score (nSPS) is 14.2. The van der Waals surface area contributed by atoms with Crippen LogP contribution in [0.4, 0.5) is 0 Å². The number of hydrogen-bond acceptors (Lipinski definition) is 4. The van der Waals surface area contributed by atoms with Crippen molar-refractivity contribution >= 4 is 11.2 Å². The smallest absolute Gasteiger partial charge is 0.337 e. The minimum atomic E-state index is -0.384. The van der Waals surface area contributed by atoms with Gasteiger partial charge in [-0.15, -0.1) is 0 Å². The molecule has 0 saturated heterocycles. The number of ether oxygens (including phenoxy) is 1. The molecule has 1 saturated carbocycles. The molecule has 1 aliphatic carbocycles. The van der Waals surface area contributed by atoms with E-state index in [1.54, 1.807) is 26.4 Å². The van der Waals surface area contributed by atoms with Gasteiger partial charge in [0, 0.05) is 19.2 Å². The highest BCUT2D eigenvalue weighted by molar-refractivity contribution is 5.72. The van der Waals surface area contributed by atoms with Crippen LogP contribution in [0.2, 0.25) is 0 Å². The molecule has 25 heavy (non-hydrogen) atoms. The quantitative estimate of drug-likeness (QED) is 0.710. The van der Waals surface area contributed by atoms with E-state index in [1.807, 2.05) is 22.8 Å². The van der Waals surface area contributed by atoms with Gasteiger partial charge in [0.05, 0.1) is 19.1 Å². The molecule has 0 radical (unpaired) electrons. The second-order valence-electron chi connectivity index (χ2n) is 6.38. The lowest BCUT2D eigenvalue weighted by molar-refractivity contribution is 0.414. The van der Waals surface area contributed by atoms with E-state index in [4.69, 9.17) is 4.74 Å². The first-order chi connectivity index (χ1) is 12.1. The number of fused-ring (bicyclic) bond motifs is 1. The molecule has 0 amide bonds. The molecule has 1 fully saturated rings. The van der Waals surface area contributed by atoms with Gasteiger partial charge in [-0.05, 0) is 37.8 Å². The topological polar surface area (TPSA) is 71.1 Å². The number of imidazole rings is 1. The average molecular weight is 340 g/mol. The molecule has 0 atom stereocenters. The fraction of sp³-hybridized carbons (Fsp3) is 0.389. The molecule has 2 aromatic heterocycles. The standard InChI is InChI=1S/C18H20N4O3/c1-3-21-17(23)15-16(19-11-20(15)10-12-7-8-12)22(18(21)24)13-5-4-6-14(9-13)25-2/h4-6,9,11-12H,3,7-8,10H2,1-2H3. The predicted molar refractivity (Wildman–Crippen MR) is 94.5 cm³/mol. The zero-order chi connectivity index (χ0) is 17.6. The van der Waals surface area contributed by atoms with E-state index in [-0.39, 0.29) is 11.2 Å². The molecule has 1 aliphatic rings. The Morgan fingerprint density at radius 1 is 1.28 bits per heavy atom. The van der Waals surface area contributed by atoms with Gasteiger partial charge in [0.25, 0.3) is 5.56 Å². The second-order valence-corrected chi connectivity index (χ2v) is 6.38. The third kappa shape index (κ3) is 2.56. The predicted octanol–water partition coefficient (Wildman–Crippen LogP) is 1.79. The lowest BCUT2D eigenvalue weighted by Crippen LogP contribution is -2.39. The Labute approximate surface area is 144 Å². The van der Waals surface area contributed by atoms with E-state index < -0.39 is 0 Å². The van der Waals surface area contributed by atoms with Gasteiger partial charge >= 0.3 is 5.69 Å². The largest absolute Gasteiger partial charge is 0.497 e. The summed E-state index contributed by atoms with van der Waals surface area (Å²) in [5.41, 5.74) is 0.850. The number of rotatable bonds is 5. The van der Waals surface area contributed by atoms with Gasteiger partial charge in [-0.2, -0.15) is 0 Å². The molecular formula is C18H20N4O3. The molecule has 0 unspecified atom stereocenters. The number of nitrogens with zero attached hydrogens (tertiary/aromatic N) is 4. The molecule has 0 bridgehead atoms. The minimum Gasteiger partial charge on any atom is -0.497 e. The van der Waals surface area contributed by atoms with Crippen LogP contribution in [0.15, 0.2) is 40.2 Å². The summed E-state index contributed by atoms with van der Waals surface area (Å²) < 4.78 is 9.90. The lowest BCUT2D eigenvalue weighted by Gasteiger charge is -2.12. The molecule has 1 aromatic carbocycles. The van der Waals surface area contributed by atoms with Crippen LogP contribution >= 0.6 is 0 Å². The number of benzene rings is 1. The summed E-state index contributed by atoms with van der Waals surface area (Å²) in [5, 5.41) is 0. The van der Waals surface area contributed by atoms with Gasteiger partial charge < -0.3 is 9.30 Å². The average Bonchev–Trinajstić information content (AvgIpc) is 3.34. The Bertz CT molecular complexity index is 1060. The van der Waals surface area contributed by atoms with Crippen LogP contribution in [-0.2, 0) is 13.1 Å². The zero-order valence-corrected chi connectivity index (χ0v) is 14.3. The van der Waals surface area contributed by atoms with Crippen molar-refractivity contribution in [2.24, 2.45) is 5.92 Å². The van der Waals surface area contributed by atoms with Gasteiger partial charge in [-0.3, -0.25) is 9.36 Å². The van der Waals surface area contributed by atoms with E-state index in [0.29, 0.717) is 35.1 Å². The molecule has 130 valence electrons. The molecule has 7 heteroatoms. The van der Waals surface area contributed by atoms with Crippen molar-refractivity contribution in [3.05, 3.63) is 51.4 Å². The van der Waals surface area contributed by atoms with Gasteiger partial charge in [-0.25, -0.2) is 14.3 Å². The Morgan fingerprint density at radius 3 is 2.76 bits per heavy atom. The third-order valence-electron chi connectivity index (χ3n) is 4.68. The summed E-state index contributed by atoms with van der Waals surface area (Å²) in [7, 11) is 1.58. The van der Waals surface area contributed by atoms with E-state index in [2.05, 4.69) is 4.98 Å². The van der Waals surface area contributed by atoms with Gasteiger partial charge in [0.1, 0.15) is 5.75 Å². The Hall–Kier alpha value is -2.83. The minimum absolute atomic E-state index is 0.278. The summed E-state index contributed by atoms with van der Waals surface area (Å²) in [6.45, 7) is 2.88. The van der Waals surface area contributed by atoms with Crippen molar-refractivity contribution < 1.29 is 4.74 Å². The summed E-state index contributed by atoms with van der Waals surface area (Å²) in [6.07, 6.45) is 4.02. The molecule has 4 rings (SSSR count). The maximum absolute atomic E-state index is 12.9. The number of hydrogen-bond donors (Lipinski definition) is 0. The van der Waals surface area contributed by atoms with E-state index in [9.17, 15) is 9.59 Å². The van der Waals surface area contributed by atoms with Crippen LogP contribution in [0.3, 0.4) is 0 Å². The fourth-order valence-corrected chi connectivity index (χ4v) is 3.16. The molecule has 0 spiro atoms. The second kappa shape index (κ2) is 5.91. The van der Waals surface area contributed by atoms with Crippen molar-refractivity contribution in [2.45, 2.75) is 32.9 Å². The van der Waals surface area contributed by atoms with Crippen LogP contribution in [0.1, 0.15) is 19.8 Å². The van der Waals surface area contributed by atoms with Crippen molar-refractivity contribution in [3.63, 3.8) is 0 Å². The van der Waals surface area contributed by atoms with E-state index >= 15 is 0 Å². The highest BCUT2D eigenvalue weighted by atomic mass is 16.5. The highest BCUT2D eigenvalue weighted by Crippen LogP contribution is 2.31. The fourth-order valence-electron chi connectivity index (χ4n) is 3.16. The van der Waals surface area contributed by atoms with Crippen LogP contribution in [0.5, 0.6) is 5.75 Å². The van der Waals surface area contributed by atoms with Crippen molar-refractivity contribution in [1.82, 2.24) is 18.7 Å². The Balaban J connectivity index is 2.04. The first-order valence-electron chi connectivity index (χ1n) is 8.49. The molecule has 7 nitrogen and oxygen atoms in total. The summed E-state index contributed by atoms with van der Waals surface area (Å²) in [5.74, 6) is 1.24. The van der Waals surface area contributed by atoms with Crippen LogP contribution < -0.4 is 16.0 Å². The van der Waals surface area contributed by atoms with Gasteiger partial charge in [0.15, 0.2) is 11.2 Å². The lowest BCUT2D eigenvalue weighted by atomic mass is 10.3. The van der Waals surface area contributed by atoms with E-state index in [0.717, 1.165) is 6.54 Å².